The molecule has 0 aromatic carbocycles. The van der Waals surface area contributed by atoms with Crippen molar-refractivity contribution < 1.29 is 9.53 Å². The zero-order chi connectivity index (χ0) is 12.9. The summed E-state index contributed by atoms with van der Waals surface area (Å²) >= 11 is 1.75. The van der Waals surface area contributed by atoms with Crippen molar-refractivity contribution in [3.8, 4) is 0 Å². The van der Waals surface area contributed by atoms with E-state index in [0.717, 1.165) is 12.8 Å². The van der Waals surface area contributed by atoms with Crippen LogP contribution in [0, 0.1) is 0 Å². The number of hydrogen-bond donors (Lipinski definition) is 1. The van der Waals surface area contributed by atoms with Gasteiger partial charge in [-0.2, -0.15) is 0 Å². The van der Waals surface area contributed by atoms with Crippen molar-refractivity contribution in [2.75, 3.05) is 6.54 Å². The van der Waals surface area contributed by atoms with Gasteiger partial charge in [-0.1, -0.05) is 6.92 Å². The van der Waals surface area contributed by atoms with Gasteiger partial charge >= 0.3 is 6.09 Å². The SMILES string of the molecule is CCc1ccsc1CCNC(=O)OC(C)(C)C. The standard InChI is InChI=1S/C13H21NO2S/c1-5-10-7-9-17-11(10)6-8-14-12(15)16-13(2,3)4/h7,9H,5-6,8H2,1-4H3,(H,14,15). The molecule has 1 aromatic heterocycles. The summed E-state index contributed by atoms with van der Waals surface area (Å²) in [5, 5.41) is 4.87. The first-order valence-electron chi connectivity index (χ1n) is 5.94. The minimum Gasteiger partial charge on any atom is -0.444 e. The maximum absolute atomic E-state index is 11.4. The predicted octanol–water partition coefficient (Wildman–Crippen LogP) is 3.38. The fourth-order valence-electron chi connectivity index (χ4n) is 1.49. The Morgan fingerprint density at radius 3 is 2.76 bits per heavy atom. The van der Waals surface area contributed by atoms with E-state index in [-0.39, 0.29) is 6.09 Å². The summed E-state index contributed by atoms with van der Waals surface area (Å²) in [6, 6.07) is 2.15. The first kappa shape index (κ1) is 14.0. The molecule has 0 aliphatic rings. The number of ether oxygens (including phenoxy) is 1. The molecule has 1 amide bonds. The van der Waals surface area contributed by atoms with Gasteiger partial charge in [0.1, 0.15) is 5.60 Å². The summed E-state index contributed by atoms with van der Waals surface area (Å²) in [6.45, 7) is 8.36. The smallest absolute Gasteiger partial charge is 0.407 e. The highest BCUT2D eigenvalue weighted by Crippen LogP contribution is 2.17. The van der Waals surface area contributed by atoms with E-state index < -0.39 is 5.60 Å². The fraction of sp³-hybridized carbons (Fsp3) is 0.615. The van der Waals surface area contributed by atoms with Gasteiger partial charge in [-0.25, -0.2) is 4.79 Å². The van der Waals surface area contributed by atoms with Crippen LogP contribution in [0.1, 0.15) is 38.1 Å². The molecule has 0 atom stereocenters. The molecule has 0 saturated heterocycles. The Hall–Kier alpha value is -1.03. The van der Waals surface area contributed by atoms with Gasteiger partial charge in [0.2, 0.25) is 0 Å². The monoisotopic (exact) mass is 255 g/mol. The van der Waals surface area contributed by atoms with Gasteiger partial charge in [0.05, 0.1) is 0 Å². The number of aryl methyl sites for hydroxylation is 1. The Bertz CT molecular complexity index is 366. The second-order valence-electron chi connectivity index (χ2n) is 4.90. The van der Waals surface area contributed by atoms with Crippen molar-refractivity contribution >= 4 is 17.4 Å². The number of carbonyl (C=O) groups excluding carboxylic acids is 1. The molecule has 1 heterocycles. The topological polar surface area (TPSA) is 38.3 Å². The lowest BCUT2D eigenvalue weighted by atomic mass is 10.2. The van der Waals surface area contributed by atoms with Crippen molar-refractivity contribution in [2.24, 2.45) is 0 Å². The van der Waals surface area contributed by atoms with Crippen molar-refractivity contribution in [2.45, 2.75) is 46.1 Å². The number of rotatable bonds is 4. The summed E-state index contributed by atoms with van der Waals surface area (Å²) in [5.41, 5.74) is 0.947. The maximum Gasteiger partial charge on any atom is 0.407 e. The van der Waals surface area contributed by atoms with Gasteiger partial charge in [0, 0.05) is 11.4 Å². The Kier molecular flexibility index (Phi) is 5.00. The van der Waals surface area contributed by atoms with Gasteiger partial charge < -0.3 is 10.1 Å². The number of thiophene rings is 1. The lowest BCUT2D eigenvalue weighted by molar-refractivity contribution is 0.0528. The summed E-state index contributed by atoms with van der Waals surface area (Å²) in [5.74, 6) is 0. The van der Waals surface area contributed by atoms with Crippen LogP contribution in [0.15, 0.2) is 11.4 Å². The molecular weight excluding hydrogens is 234 g/mol. The lowest BCUT2D eigenvalue weighted by Crippen LogP contribution is -2.33. The van der Waals surface area contributed by atoms with E-state index in [1.165, 1.54) is 10.4 Å². The number of nitrogens with one attached hydrogen (secondary N) is 1. The van der Waals surface area contributed by atoms with E-state index >= 15 is 0 Å². The molecule has 96 valence electrons. The van der Waals surface area contributed by atoms with Crippen LogP contribution in [0.5, 0.6) is 0 Å². The third-order valence-electron chi connectivity index (χ3n) is 2.24. The zero-order valence-electron chi connectivity index (χ0n) is 11.0. The van der Waals surface area contributed by atoms with Crippen LogP contribution < -0.4 is 5.32 Å². The van der Waals surface area contributed by atoms with E-state index in [1.807, 2.05) is 20.8 Å². The highest BCUT2D eigenvalue weighted by Gasteiger charge is 2.15. The second kappa shape index (κ2) is 6.05. The van der Waals surface area contributed by atoms with Gasteiger partial charge in [-0.15, -0.1) is 11.3 Å². The quantitative estimate of drug-likeness (QED) is 0.895. The van der Waals surface area contributed by atoms with Crippen molar-refractivity contribution in [1.29, 1.82) is 0 Å². The molecule has 0 unspecified atom stereocenters. The van der Waals surface area contributed by atoms with E-state index in [0.29, 0.717) is 6.54 Å². The van der Waals surface area contributed by atoms with Crippen molar-refractivity contribution in [3.05, 3.63) is 21.9 Å². The third kappa shape index (κ3) is 5.22. The average molecular weight is 255 g/mol. The molecule has 1 rings (SSSR count). The number of hydrogen-bond acceptors (Lipinski definition) is 3. The molecule has 0 radical (unpaired) electrons. The molecule has 0 fully saturated rings. The number of amides is 1. The van der Waals surface area contributed by atoms with Crippen molar-refractivity contribution in [1.82, 2.24) is 5.32 Å². The summed E-state index contributed by atoms with van der Waals surface area (Å²) in [7, 11) is 0. The Morgan fingerprint density at radius 1 is 1.47 bits per heavy atom. The molecule has 17 heavy (non-hydrogen) atoms. The van der Waals surface area contributed by atoms with E-state index in [2.05, 4.69) is 23.7 Å². The second-order valence-corrected chi connectivity index (χ2v) is 5.90. The highest BCUT2D eigenvalue weighted by atomic mass is 32.1. The molecule has 4 heteroatoms. The van der Waals surface area contributed by atoms with Crippen LogP contribution in [-0.4, -0.2) is 18.2 Å². The van der Waals surface area contributed by atoms with E-state index in [9.17, 15) is 4.79 Å². The number of alkyl carbamates (subject to hydrolysis) is 1. The molecule has 1 N–H and O–H groups in total. The molecule has 0 bridgehead atoms. The largest absolute Gasteiger partial charge is 0.444 e. The maximum atomic E-state index is 11.4. The molecule has 0 aliphatic heterocycles. The molecule has 3 nitrogen and oxygen atoms in total. The molecule has 0 aliphatic carbocycles. The summed E-state index contributed by atoms with van der Waals surface area (Å²) < 4.78 is 5.17. The minimum absolute atomic E-state index is 0.341. The average Bonchev–Trinajstić information content (AvgIpc) is 2.62. The molecule has 0 saturated carbocycles. The van der Waals surface area contributed by atoms with Gasteiger partial charge in [0.15, 0.2) is 0 Å². The van der Waals surface area contributed by atoms with Crippen LogP contribution in [0.25, 0.3) is 0 Å². The Morgan fingerprint density at radius 2 is 2.18 bits per heavy atom. The lowest BCUT2D eigenvalue weighted by Gasteiger charge is -2.19. The molecule has 0 spiro atoms. The van der Waals surface area contributed by atoms with Crippen LogP contribution in [0.4, 0.5) is 4.79 Å². The van der Waals surface area contributed by atoms with Crippen LogP contribution in [0.3, 0.4) is 0 Å². The Labute approximate surface area is 107 Å². The first-order valence-corrected chi connectivity index (χ1v) is 6.82. The van der Waals surface area contributed by atoms with Crippen molar-refractivity contribution in [3.63, 3.8) is 0 Å². The summed E-state index contributed by atoms with van der Waals surface area (Å²) in [6.07, 6.45) is 1.58. The van der Waals surface area contributed by atoms with Gasteiger partial charge in [-0.3, -0.25) is 0 Å². The third-order valence-corrected chi connectivity index (χ3v) is 3.26. The predicted molar refractivity (Wildman–Crippen MR) is 71.6 cm³/mol. The van der Waals surface area contributed by atoms with Crippen LogP contribution in [0.2, 0.25) is 0 Å². The van der Waals surface area contributed by atoms with Gasteiger partial charge in [-0.05, 0) is 50.6 Å². The normalized spacial score (nSPS) is 11.3. The van der Waals surface area contributed by atoms with Crippen LogP contribution in [-0.2, 0) is 17.6 Å². The fourth-order valence-corrected chi connectivity index (χ4v) is 2.47. The van der Waals surface area contributed by atoms with E-state index in [1.54, 1.807) is 11.3 Å². The van der Waals surface area contributed by atoms with Gasteiger partial charge in [0.25, 0.3) is 0 Å². The molecular formula is C13H21NO2S. The van der Waals surface area contributed by atoms with E-state index in [4.69, 9.17) is 4.74 Å². The summed E-state index contributed by atoms with van der Waals surface area (Å²) in [4.78, 5) is 12.8. The first-order chi connectivity index (χ1) is 7.92. The molecule has 1 aromatic rings. The minimum atomic E-state index is -0.429. The van der Waals surface area contributed by atoms with Crippen LogP contribution >= 0.6 is 11.3 Å². The highest BCUT2D eigenvalue weighted by molar-refractivity contribution is 7.10. The Balaban J connectivity index is 2.31. The number of carbonyl (C=O) groups is 1. The zero-order valence-corrected chi connectivity index (χ0v) is 11.8.